The lowest BCUT2D eigenvalue weighted by Crippen LogP contribution is -2.46. The molecule has 12 nitrogen and oxygen atoms in total. The average Bonchev–Trinajstić information content (AvgIpc) is 3.35. The minimum atomic E-state index is -3.44. The molecule has 0 radical (unpaired) electrons. The molecule has 0 fully saturated rings. The van der Waals surface area contributed by atoms with Gasteiger partial charge in [-0.3, -0.25) is 14.2 Å². The van der Waals surface area contributed by atoms with Gasteiger partial charge in [0, 0.05) is 42.3 Å². The van der Waals surface area contributed by atoms with E-state index in [1.807, 2.05) is 19.1 Å². The van der Waals surface area contributed by atoms with Gasteiger partial charge >= 0.3 is 0 Å². The molecular formula is C35H41ClN8O4S. The molecule has 4 heterocycles. The number of hydrogen-bond acceptors (Lipinski definition) is 9. The zero-order valence-corrected chi connectivity index (χ0v) is 29.2. The molecule has 14 heteroatoms. The highest BCUT2D eigenvalue weighted by atomic mass is 35.5. The van der Waals surface area contributed by atoms with E-state index in [4.69, 9.17) is 22.1 Å². The molecular weight excluding hydrogens is 664 g/mol. The molecule has 1 amide bonds. The van der Waals surface area contributed by atoms with Gasteiger partial charge in [-0.1, -0.05) is 36.7 Å². The Hall–Kier alpha value is -4.20. The Balaban J connectivity index is 1.30. The molecule has 1 unspecified atom stereocenters. The number of ether oxygens (including phenoxy) is 1. The van der Waals surface area contributed by atoms with Crippen LogP contribution in [0, 0.1) is 5.92 Å². The maximum atomic E-state index is 14.7. The number of aliphatic hydroxyl groups excluding tert-OH is 1. The SMILES string of the molecule is C[C@H]1C/C=C/[C@H](O)CCCN2C[C@@]3(CCCc4cc(Cl)ccc43)COc3ccc(cc32)C(=O)N=S(=O)(Nc2nc(N)nc3nn(C)cc23)C1. The number of allylic oxidation sites excluding steroid dienone is 1. The van der Waals surface area contributed by atoms with Crippen LogP contribution in [0.25, 0.3) is 11.0 Å². The normalized spacial score (nSPS) is 26.8. The van der Waals surface area contributed by atoms with Gasteiger partial charge in [-0.2, -0.15) is 15.1 Å². The molecule has 0 saturated carbocycles. The van der Waals surface area contributed by atoms with Crippen LogP contribution in [0.1, 0.15) is 60.5 Å². The quantitative estimate of drug-likeness (QED) is 0.231. The second-order valence-electron chi connectivity index (χ2n) is 13.6. The zero-order chi connectivity index (χ0) is 34.3. The van der Waals surface area contributed by atoms with E-state index >= 15 is 0 Å². The highest BCUT2D eigenvalue weighted by molar-refractivity contribution is 7.95. The second kappa shape index (κ2) is 13.3. The molecule has 1 spiro atoms. The Kier molecular flexibility index (Phi) is 9.01. The van der Waals surface area contributed by atoms with Gasteiger partial charge in [0.1, 0.15) is 15.7 Å². The van der Waals surface area contributed by atoms with E-state index in [9.17, 15) is 14.1 Å². The van der Waals surface area contributed by atoms with E-state index in [-0.39, 0.29) is 28.9 Å². The van der Waals surface area contributed by atoms with Crippen LogP contribution in [0.3, 0.4) is 0 Å². The molecule has 4 atom stereocenters. The van der Waals surface area contributed by atoms with Crippen molar-refractivity contribution in [2.75, 3.05) is 40.8 Å². The molecule has 3 aliphatic rings. The number of nitrogens with one attached hydrogen (secondary N) is 1. The number of nitrogen functional groups attached to an aromatic ring is 1. The van der Waals surface area contributed by atoms with Crippen molar-refractivity contribution < 1.29 is 18.8 Å². The smallest absolute Gasteiger partial charge is 0.286 e. The minimum absolute atomic E-state index is 0.0387. The average molecular weight is 705 g/mol. The summed E-state index contributed by atoms with van der Waals surface area (Å²) in [4.78, 5) is 24.7. The molecule has 4 N–H and O–H groups in total. The third-order valence-corrected chi connectivity index (χ3v) is 11.8. The Labute approximate surface area is 291 Å². The summed E-state index contributed by atoms with van der Waals surface area (Å²) in [6.45, 7) is 3.72. The molecule has 2 aromatic heterocycles. The van der Waals surface area contributed by atoms with Crippen LogP contribution >= 0.6 is 11.6 Å². The zero-order valence-electron chi connectivity index (χ0n) is 27.6. The fourth-order valence-electron chi connectivity index (χ4n) is 7.34. The van der Waals surface area contributed by atoms with Crippen LogP contribution in [0.4, 0.5) is 17.5 Å². The van der Waals surface area contributed by atoms with Gasteiger partial charge in [-0.15, -0.1) is 4.36 Å². The Morgan fingerprint density at radius 1 is 1.18 bits per heavy atom. The van der Waals surface area contributed by atoms with Crippen molar-refractivity contribution in [3.8, 4) is 5.75 Å². The van der Waals surface area contributed by atoms with Crippen molar-refractivity contribution in [2.24, 2.45) is 17.3 Å². The lowest BCUT2D eigenvalue weighted by molar-refractivity contribution is 0.100. The van der Waals surface area contributed by atoms with Crippen LogP contribution in [0.5, 0.6) is 5.75 Å². The van der Waals surface area contributed by atoms with Crippen molar-refractivity contribution in [1.82, 2.24) is 19.7 Å². The predicted octanol–water partition coefficient (Wildman–Crippen LogP) is 5.44. The van der Waals surface area contributed by atoms with Crippen molar-refractivity contribution in [3.05, 3.63) is 76.5 Å². The molecule has 0 saturated heterocycles. The summed E-state index contributed by atoms with van der Waals surface area (Å²) in [6, 6.07) is 11.4. The second-order valence-corrected chi connectivity index (χ2v) is 16.0. The van der Waals surface area contributed by atoms with E-state index in [0.29, 0.717) is 54.9 Å². The number of hydrogen-bond donors (Lipinski definition) is 3. The van der Waals surface area contributed by atoms with Gasteiger partial charge in [0.05, 0.1) is 29.5 Å². The lowest BCUT2D eigenvalue weighted by Gasteiger charge is -2.41. The maximum absolute atomic E-state index is 14.7. The van der Waals surface area contributed by atoms with Crippen molar-refractivity contribution in [1.29, 1.82) is 0 Å². The highest BCUT2D eigenvalue weighted by Crippen LogP contribution is 2.44. The summed E-state index contributed by atoms with van der Waals surface area (Å²) in [6.07, 6.45) is 9.52. The van der Waals surface area contributed by atoms with Crippen molar-refractivity contribution in [3.63, 3.8) is 0 Å². The number of anilines is 3. The monoisotopic (exact) mass is 704 g/mol. The number of aromatic nitrogens is 4. The van der Waals surface area contributed by atoms with Crippen LogP contribution in [0.15, 0.2) is 59.1 Å². The van der Waals surface area contributed by atoms with Crippen LogP contribution in [-0.2, 0) is 28.8 Å². The van der Waals surface area contributed by atoms with Gasteiger partial charge in [-0.25, -0.2) is 4.21 Å². The van der Waals surface area contributed by atoms with E-state index in [2.05, 4.69) is 41.2 Å². The van der Waals surface area contributed by atoms with E-state index in [1.165, 1.54) is 11.1 Å². The molecule has 1 aliphatic carbocycles. The molecule has 2 aliphatic heterocycles. The number of halogens is 1. The Bertz CT molecular complexity index is 2080. The van der Waals surface area contributed by atoms with Gasteiger partial charge in [0.15, 0.2) is 11.5 Å². The van der Waals surface area contributed by atoms with Crippen molar-refractivity contribution >= 4 is 55.9 Å². The third-order valence-electron chi connectivity index (χ3n) is 9.62. The number of carbonyl (C=O) groups excluding carboxylic acids is 1. The molecule has 2 aromatic carbocycles. The largest absolute Gasteiger partial charge is 0.490 e. The third kappa shape index (κ3) is 6.97. The lowest BCUT2D eigenvalue weighted by atomic mass is 9.70. The van der Waals surface area contributed by atoms with Gasteiger partial charge < -0.3 is 20.5 Å². The van der Waals surface area contributed by atoms with Crippen LogP contribution in [0.2, 0.25) is 5.02 Å². The molecule has 49 heavy (non-hydrogen) atoms. The van der Waals surface area contributed by atoms with E-state index in [1.54, 1.807) is 42.2 Å². The van der Waals surface area contributed by atoms with E-state index in [0.717, 1.165) is 36.4 Å². The molecule has 2 bridgehead atoms. The van der Waals surface area contributed by atoms with Gasteiger partial charge in [0.25, 0.3) is 5.91 Å². The first-order chi connectivity index (χ1) is 23.5. The van der Waals surface area contributed by atoms with Gasteiger partial charge in [0.2, 0.25) is 5.95 Å². The Morgan fingerprint density at radius 2 is 2.04 bits per heavy atom. The summed E-state index contributed by atoms with van der Waals surface area (Å²) < 4.78 is 30.1. The summed E-state index contributed by atoms with van der Waals surface area (Å²) in [7, 11) is -1.70. The van der Waals surface area contributed by atoms with Crippen LogP contribution < -0.4 is 20.1 Å². The fraction of sp³-hybridized carbons (Fsp3) is 0.429. The number of nitrogens with two attached hydrogens (primary N) is 1. The topological polar surface area (TPSA) is 161 Å². The molecule has 4 aromatic rings. The van der Waals surface area contributed by atoms with Crippen LogP contribution in [-0.4, -0.2) is 66.5 Å². The number of carbonyl (C=O) groups is 1. The highest BCUT2D eigenvalue weighted by Gasteiger charge is 2.41. The van der Waals surface area contributed by atoms with Crippen molar-refractivity contribution in [2.45, 2.75) is 57.0 Å². The molecule has 7 rings (SSSR count). The first kappa shape index (κ1) is 33.3. The maximum Gasteiger partial charge on any atom is 0.286 e. The fourth-order valence-corrected chi connectivity index (χ4v) is 9.48. The number of fused-ring (bicyclic) bond motifs is 4. The number of aliphatic hydroxyl groups is 1. The standard InChI is InChI=1S/C35H41ClN8O4S/c1-22-6-3-8-26(45)9-5-15-44-20-35(14-4-7-23-16-25(36)11-12-28(23)35)21-48-30-13-10-24(17-29(30)44)33(46)42-49(47,19-22)41-32-27-18-43(2)40-31(27)38-34(37)39-32/h3,8,10-13,16-18,22,26,45H,4-7,9,14-15,19-21H2,1-2H3,(H3,37,38,39,40,41,42,46,47)/b8-3+/t22-,26-,35-,49?/m0/s1. The molecule has 258 valence electrons. The predicted molar refractivity (Wildman–Crippen MR) is 192 cm³/mol. The number of benzene rings is 2. The van der Waals surface area contributed by atoms with E-state index < -0.39 is 21.9 Å². The summed E-state index contributed by atoms with van der Waals surface area (Å²) in [5.41, 5.74) is 9.57. The summed E-state index contributed by atoms with van der Waals surface area (Å²) in [5, 5.41) is 16.4. The Morgan fingerprint density at radius 3 is 2.90 bits per heavy atom. The summed E-state index contributed by atoms with van der Waals surface area (Å²) >= 11 is 6.40. The number of aryl methyl sites for hydroxylation is 2. The number of nitrogens with zero attached hydrogens (tertiary/aromatic N) is 6. The number of rotatable bonds is 2. The number of amides is 1. The van der Waals surface area contributed by atoms with Gasteiger partial charge in [-0.05, 0) is 85.9 Å². The first-order valence-corrected chi connectivity index (χ1v) is 18.7. The first-order valence-electron chi connectivity index (χ1n) is 16.7. The summed E-state index contributed by atoms with van der Waals surface area (Å²) in [5.74, 6) is 0.0678. The minimum Gasteiger partial charge on any atom is -0.490 e.